The van der Waals surface area contributed by atoms with Crippen LogP contribution in [0.15, 0.2) is 18.2 Å². The summed E-state index contributed by atoms with van der Waals surface area (Å²) in [6, 6.07) is 6.10. The van der Waals surface area contributed by atoms with E-state index in [2.05, 4.69) is 17.6 Å². The van der Waals surface area contributed by atoms with Gasteiger partial charge >= 0.3 is 0 Å². The standard InChI is InChI=1S/C16H22N2OS2/c1-11-6-7-12-13(10-11)21-15(14(12)17)16(19)18-8-4-3-5-9-20-2/h6-7,10H,3-5,8-9,17H2,1-2H3,(H,18,19). The fourth-order valence-electron chi connectivity index (χ4n) is 2.22. The Hall–Kier alpha value is -1.20. The van der Waals surface area contributed by atoms with Gasteiger partial charge in [-0.2, -0.15) is 11.8 Å². The van der Waals surface area contributed by atoms with E-state index in [9.17, 15) is 4.79 Å². The van der Waals surface area contributed by atoms with Crippen LogP contribution in [0.3, 0.4) is 0 Å². The lowest BCUT2D eigenvalue weighted by molar-refractivity contribution is 0.0958. The number of fused-ring (bicyclic) bond motifs is 1. The first-order valence-corrected chi connectivity index (χ1v) is 9.40. The highest BCUT2D eigenvalue weighted by atomic mass is 32.2. The maximum absolute atomic E-state index is 12.2. The second-order valence-corrected chi connectivity index (χ2v) is 7.19. The molecule has 0 aliphatic carbocycles. The molecule has 1 aromatic carbocycles. The Labute approximate surface area is 134 Å². The highest BCUT2D eigenvalue weighted by Crippen LogP contribution is 2.34. The Balaban J connectivity index is 1.95. The molecule has 0 unspecified atom stereocenters. The first-order valence-electron chi connectivity index (χ1n) is 7.19. The van der Waals surface area contributed by atoms with E-state index in [0.29, 0.717) is 10.6 Å². The van der Waals surface area contributed by atoms with Gasteiger partial charge in [0.1, 0.15) is 4.88 Å². The maximum Gasteiger partial charge on any atom is 0.263 e. The molecule has 1 heterocycles. The summed E-state index contributed by atoms with van der Waals surface area (Å²) in [5.41, 5.74) is 7.90. The third kappa shape index (κ3) is 4.14. The Morgan fingerprint density at radius 1 is 1.33 bits per heavy atom. The molecule has 21 heavy (non-hydrogen) atoms. The van der Waals surface area contributed by atoms with E-state index in [-0.39, 0.29) is 5.91 Å². The predicted octanol–water partition coefficient (Wildman–Crippen LogP) is 4.06. The number of unbranched alkanes of at least 4 members (excludes halogenated alkanes) is 2. The molecule has 0 aliphatic heterocycles. The van der Waals surface area contributed by atoms with Gasteiger partial charge in [0.2, 0.25) is 0 Å². The van der Waals surface area contributed by atoms with Crippen molar-refractivity contribution in [2.45, 2.75) is 26.2 Å². The Bertz CT molecular complexity index is 622. The zero-order valence-corrected chi connectivity index (χ0v) is 14.2. The molecule has 0 saturated carbocycles. The number of nitrogens with two attached hydrogens (primary N) is 1. The number of hydrogen-bond acceptors (Lipinski definition) is 4. The first kappa shape index (κ1) is 16.2. The third-order valence-corrected chi connectivity index (χ3v) is 5.26. The number of carbonyl (C=O) groups excluding carboxylic acids is 1. The highest BCUT2D eigenvalue weighted by molar-refractivity contribution is 7.98. The van der Waals surface area contributed by atoms with E-state index >= 15 is 0 Å². The SMILES string of the molecule is CSCCCCCNC(=O)c1sc2cc(C)ccc2c1N. The lowest BCUT2D eigenvalue weighted by atomic mass is 10.1. The van der Waals surface area contributed by atoms with Crippen molar-refractivity contribution in [3.8, 4) is 0 Å². The Morgan fingerprint density at radius 3 is 2.90 bits per heavy atom. The van der Waals surface area contributed by atoms with Crippen molar-refractivity contribution in [1.29, 1.82) is 0 Å². The number of amides is 1. The quantitative estimate of drug-likeness (QED) is 0.756. The van der Waals surface area contributed by atoms with Crippen molar-refractivity contribution in [2.24, 2.45) is 0 Å². The van der Waals surface area contributed by atoms with Crippen molar-refractivity contribution in [2.75, 3.05) is 24.3 Å². The molecule has 0 radical (unpaired) electrons. The largest absolute Gasteiger partial charge is 0.397 e. The van der Waals surface area contributed by atoms with Crippen LogP contribution < -0.4 is 11.1 Å². The molecule has 0 bridgehead atoms. The fraction of sp³-hybridized carbons (Fsp3) is 0.438. The van der Waals surface area contributed by atoms with Crippen molar-refractivity contribution < 1.29 is 4.79 Å². The summed E-state index contributed by atoms with van der Waals surface area (Å²) in [6.45, 7) is 2.77. The van der Waals surface area contributed by atoms with Crippen molar-refractivity contribution >= 4 is 44.8 Å². The number of thiophene rings is 1. The molecule has 0 spiro atoms. The van der Waals surface area contributed by atoms with Gasteiger partial charge in [-0.1, -0.05) is 18.6 Å². The van der Waals surface area contributed by atoms with Crippen LogP contribution in [0.25, 0.3) is 10.1 Å². The Morgan fingerprint density at radius 2 is 2.14 bits per heavy atom. The topological polar surface area (TPSA) is 55.1 Å². The summed E-state index contributed by atoms with van der Waals surface area (Å²) in [4.78, 5) is 12.9. The number of thioether (sulfide) groups is 1. The molecular weight excluding hydrogens is 300 g/mol. The minimum absolute atomic E-state index is 0.0452. The molecule has 0 atom stereocenters. The Kier molecular flexibility index (Phi) is 5.94. The van der Waals surface area contributed by atoms with Crippen molar-refractivity contribution in [3.63, 3.8) is 0 Å². The predicted molar refractivity (Wildman–Crippen MR) is 95.5 cm³/mol. The average Bonchev–Trinajstić information content (AvgIpc) is 2.79. The molecule has 3 N–H and O–H groups in total. The van der Waals surface area contributed by atoms with Crippen LogP contribution in [0.1, 0.15) is 34.5 Å². The zero-order valence-electron chi connectivity index (χ0n) is 12.6. The van der Waals surface area contributed by atoms with Crippen LogP contribution in [0, 0.1) is 6.92 Å². The minimum Gasteiger partial charge on any atom is -0.397 e. The molecule has 5 heteroatoms. The van der Waals surface area contributed by atoms with Gasteiger partial charge in [-0.3, -0.25) is 4.79 Å². The van der Waals surface area contributed by atoms with E-state index in [1.165, 1.54) is 29.1 Å². The molecule has 0 aliphatic rings. The number of nitrogens with one attached hydrogen (secondary N) is 1. The van der Waals surface area contributed by atoms with Crippen LogP contribution >= 0.6 is 23.1 Å². The van der Waals surface area contributed by atoms with E-state index in [1.54, 1.807) is 0 Å². The van der Waals surface area contributed by atoms with Gasteiger partial charge in [0, 0.05) is 16.6 Å². The van der Waals surface area contributed by atoms with Gasteiger partial charge in [-0.15, -0.1) is 11.3 Å². The molecule has 3 nitrogen and oxygen atoms in total. The normalized spacial score (nSPS) is 11.0. The molecule has 114 valence electrons. The van der Waals surface area contributed by atoms with Crippen LogP contribution in [0.2, 0.25) is 0 Å². The monoisotopic (exact) mass is 322 g/mol. The molecular formula is C16H22N2OS2. The molecule has 2 aromatic rings. The number of carbonyl (C=O) groups is 1. The number of hydrogen-bond donors (Lipinski definition) is 2. The van der Waals surface area contributed by atoms with Gasteiger partial charge in [0.05, 0.1) is 5.69 Å². The second kappa shape index (κ2) is 7.71. The van der Waals surface area contributed by atoms with Crippen LogP contribution in [-0.4, -0.2) is 24.5 Å². The van der Waals surface area contributed by atoms with E-state index < -0.39 is 0 Å². The summed E-state index contributed by atoms with van der Waals surface area (Å²) in [6.07, 6.45) is 5.51. The number of benzene rings is 1. The molecule has 1 amide bonds. The number of anilines is 1. The van der Waals surface area contributed by atoms with E-state index in [0.717, 1.165) is 29.5 Å². The number of nitrogen functional groups attached to an aromatic ring is 1. The van der Waals surface area contributed by atoms with E-state index in [4.69, 9.17) is 5.73 Å². The second-order valence-electron chi connectivity index (χ2n) is 5.15. The summed E-state index contributed by atoms with van der Waals surface area (Å²) in [5, 5.41) is 3.96. The van der Waals surface area contributed by atoms with Gasteiger partial charge in [0.25, 0.3) is 5.91 Å². The summed E-state index contributed by atoms with van der Waals surface area (Å²) >= 11 is 3.34. The van der Waals surface area contributed by atoms with Gasteiger partial charge in [0.15, 0.2) is 0 Å². The van der Waals surface area contributed by atoms with Crippen molar-refractivity contribution in [1.82, 2.24) is 5.32 Å². The lowest BCUT2D eigenvalue weighted by Crippen LogP contribution is -2.24. The summed E-state index contributed by atoms with van der Waals surface area (Å²) in [5.74, 6) is 1.15. The zero-order chi connectivity index (χ0) is 15.2. The van der Waals surface area contributed by atoms with Crippen LogP contribution in [0.4, 0.5) is 5.69 Å². The highest BCUT2D eigenvalue weighted by Gasteiger charge is 2.15. The molecule has 1 aromatic heterocycles. The average molecular weight is 322 g/mol. The molecule has 0 fully saturated rings. The summed E-state index contributed by atoms with van der Waals surface area (Å²) in [7, 11) is 0. The smallest absolute Gasteiger partial charge is 0.263 e. The number of aryl methyl sites for hydroxylation is 1. The van der Waals surface area contributed by atoms with Gasteiger partial charge in [-0.25, -0.2) is 0 Å². The van der Waals surface area contributed by atoms with Gasteiger partial charge < -0.3 is 11.1 Å². The first-order chi connectivity index (χ1) is 10.1. The minimum atomic E-state index is -0.0452. The van der Waals surface area contributed by atoms with Crippen LogP contribution in [-0.2, 0) is 0 Å². The fourth-order valence-corrected chi connectivity index (χ4v) is 3.85. The van der Waals surface area contributed by atoms with Gasteiger partial charge in [-0.05, 0) is 43.4 Å². The number of rotatable bonds is 7. The maximum atomic E-state index is 12.2. The molecule has 0 saturated heterocycles. The van der Waals surface area contributed by atoms with Crippen molar-refractivity contribution in [3.05, 3.63) is 28.6 Å². The van der Waals surface area contributed by atoms with E-state index in [1.807, 2.05) is 30.8 Å². The molecule has 2 rings (SSSR count). The van der Waals surface area contributed by atoms with Crippen LogP contribution in [0.5, 0.6) is 0 Å². The summed E-state index contributed by atoms with van der Waals surface area (Å²) < 4.78 is 1.08. The lowest BCUT2D eigenvalue weighted by Gasteiger charge is -2.04. The third-order valence-electron chi connectivity index (χ3n) is 3.40.